The summed E-state index contributed by atoms with van der Waals surface area (Å²) in [4.78, 5) is 13.7. The predicted molar refractivity (Wildman–Crippen MR) is 91.0 cm³/mol. The minimum Gasteiger partial charge on any atom is -0.326 e. The van der Waals surface area contributed by atoms with E-state index >= 15 is 0 Å². The number of anilines is 1. The van der Waals surface area contributed by atoms with E-state index < -0.39 is 10.0 Å². The number of nitrogens with one attached hydrogen (secondary N) is 1. The van der Waals surface area contributed by atoms with Crippen molar-refractivity contribution < 1.29 is 13.2 Å². The summed E-state index contributed by atoms with van der Waals surface area (Å²) in [6.45, 7) is 0. The SMILES string of the molecule is NS(=O)(=O)c1cccc(NC(=O)C2CCSc3ccccc32)c1. The minimum absolute atomic E-state index is 0.0186. The summed E-state index contributed by atoms with van der Waals surface area (Å²) in [5.41, 5.74) is 1.45. The van der Waals surface area contributed by atoms with Crippen molar-refractivity contribution in [1.29, 1.82) is 0 Å². The fourth-order valence-electron chi connectivity index (χ4n) is 2.59. The maximum Gasteiger partial charge on any atom is 0.238 e. The molecule has 0 saturated carbocycles. The number of primary sulfonamides is 1. The molecule has 120 valence electrons. The summed E-state index contributed by atoms with van der Waals surface area (Å²) in [5.74, 6) is 0.515. The van der Waals surface area contributed by atoms with Crippen molar-refractivity contribution in [1.82, 2.24) is 0 Å². The predicted octanol–water partition coefficient (Wildman–Crippen LogP) is 2.55. The van der Waals surface area contributed by atoms with E-state index in [1.165, 1.54) is 12.1 Å². The molecule has 1 heterocycles. The molecule has 0 aromatic heterocycles. The van der Waals surface area contributed by atoms with Crippen LogP contribution in [-0.2, 0) is 14.8 Å². The number of sulfonamides is 1. The first-order valence-electron chi connectivity index (χ1n) is 7.10. The lowest BCUT2D eigenvalue weighted by molar-refractivity contribution is -0.117. The van der Waals surface area contributed by atoms with Gasteiger partial charge in [-0.1, -0.05) is 24.3 Å². The molecule has 2 aromatic rings. The van der Waals surface area contributed by atoms with Crippen LogP contribution in [0.4, 0.5) is 5.69 Å². The fraction of sp³-hybridized carbons (Fsp3) is 0.188. The number of benzene rings is 2. The molecule has 0 radical (unpaired) electrons. The lowest BCUT2D eigenvalue weighted by Crippen LogP contribution is -2.24. The lowest BCUT2D eigenvalue weighted by atomic mass is 9.95. The summed E-state index contributed by atoms with van der Waals surface area (Å²) in [7, 11) is -3.79. The van der Waals surface area contributed by atoms with Crippen molar-refractivity contribution in [2.45, 2.75) is 22.1 Å². The van der Waals surface area contributed by atoms with E-state index in [9.17, 15) is 13.2 Å². The number of carbonyl (C=O) groups is 1. The van der Waals surface area contributed by atoms with E-state index in [-0.39, 0.29) is 16.7 Å². The molecule has 1 atom stereocenters. The molecule has 1 aliphatic rings. The van der Waals surface area contributed by atoms with Gasteiger partial charge in [0.25, 0.3) is 0 Å². The second-order valence-electron chi connectivity index (χ2n) is 5.29. The number of nitrogens with two attached hydrogens (primary N) is 1. The van der Waals surface area contributed by atoms with Gasteiger partial charge >= 0.3 is 0 Å². The van der Waals surface area contributed by atoms with Crippen molar-refractivity contribution in [3.63, 3.8) is 0 Å². The van der Waals surface area contributed by atoms with Crippen molar-refractivity contribution in [3.8, 4) is 0 Å². The van der Waals surface area contributed by atoms with Crippen LogP contribution in [0, 0.1) is 0 Å². The number of amides is 1. The zero-order valence-electron chi connectivity index (χ0n) is 12.2. The Balaban J connectivity index is 1.84. The Kier molecular flexibility index (Phi) is 4.43. The molecule has 0 saturated heterocycles. The monoisotopic (exact) mass is 348 g/mol. The highest BCUT2D eigenvalue weighted by molar-refractivity contribution is 7.99. The Morgan fingerprint density at radius 1 is 1.17 bits per heavy atom. The quantitative estimate of drug-likeness (QED) is 0.892. The zero-order valence-corrected chi connectivity index (χ0v) is 13.9. The van der Waals surface area contributed by atoms with Gasteiger partial charge in [-0.2, -0.15) is 0 Å². The number of rotatable bonds is 3. The number of thioether (sulfide) groups is 1. The smallest absolute Gasteiger partial charge is 0.238 e. The molecule has 0 bridgehead atoms. The first-order valence-corrected chi connectivity index (χ1v) is 9.64. The van der Waals surface area contributed by atoms with E-state index in [1.54, 1.807) is 23.9 Å². The van der Waals surface area contributed by atoms with E-state index in [0.717, 1.165) is 22.6 Å². The standard InChI is InChI=1S/C16H16N2O3S2/c17-23(20,21)12-5-3-4-11(10-12)18-16(19)14-8-9-22-15-7-2-1-6-13(14)15/h1-7,10,14H,8-9H2,(H,18,19)(H2,17,20,21). The number of carbonyl (C=O) groups excluding carboxylic acids is 1. The van der Waals surface area contributed by atoms with Gasteiger partial charge in [0.1, 0.15) is 0 Å². The topological polar surface area (TPSA) is 89.3 Å². The summed E-state index contributed by atoms with van der Waals surface area (Å²) in [6.07, 6.45) is 0.752. The Labute approximate surface area is 139 Å². The maximum atomic E-state index is 12.6. The number of fused-ring (bicyclic) bond motifs is 1. The summed E-state index contributed by atoms with van der Waals surface area (Å²) < 4.78 is 22.8. The van der Waals surface area contributed by atoms with Gasteiger partial charge in [-0.05, 0) is 42.0 Å². The third-order valence-electron chi connectivity index (χ3n) is 3.71. The Hall–Kier alpha value is -1.83. The van der Waals surface area contributed by atoms with Crippen LogP contribution in [-0.4, -0.2) is 20.1 Å². The van der Waals surface area contributed by atoms with Crippen molar-refractivity contribution in [3.05, 3.63) is 54.1 Å². The lowest BCUT2D eigenvalue weighted by Gasteiger charge is -2.24. The highest BCUT2D eigenvalue weighted by Crippen LogP contribution is 2.37. The first kappa shape index (κ1) is 16.0. The van der Waals surface area contributed by atoms with E-state index in [4.69, 9.17) is 5.14 Å². The van der Waals surface area contributed by atoms with Gasteiger partial charge in [-0.3, -0.25) is 4.79 Å². The van der Waals surface area contributed by atoms with Crippen LogP contribution < -0.4 is 10.5 Å². The molecule has 23 heavy (non-hydrogen) atoms. The second-order valence-corrected chi connectivity index (χ2v) is 7.99. The summed E-state index contributed by atoms with van der Waals surface area (Å²) in [6, 6.07) is 13.8. The molecule has 3 N–H and O–H groups in total. The zero-order chi connectivity index (χ0) is 16.4. The molecule has 1 amide bonds. The Morgan fingerprint density at radius 2 is 1.96 bits per heavy atom. The van der Waals surface area contributed by atoms with Gasteiger partial charge in [0.05, 0.1) is 10.8 Å². The molecule has 5 nitrogen and oxygen atoms in total. The Morgan fingerprint density at radius 3 is 2.74 bits per heavy atom. The van der Waals surface area contributed by atoms with Gasteiger partial charge < -0.3 is 5.32 Å². The van der Waals surface area contributed by atoms with Crippen LogP contribution >= 0.6 is 11.8 Å². The van der Waals surface area contributed by atoms with E-state index in [2.05, 4.69) is 5.32 Å². The van der Waals surface area contributed by atoms with Gasteiger partial charge in [0.15, 0.2) is 0 Å². The molecule has 0 aliphatic carbocycles. The number of hydrogen-bond acceptors (Lipinski definition) is 4. The highest BCUT2D eigenvalue weighted by Gasteiger charge is 2.26. The van der Waals surface area contributed by atoms with Crippen LogP contribution in [0.1, 0.15) is 17.9 Å². The molecule has 3 rings (SSSR count). The molecule has 1 unspecified atom stereocenters. The molecule has 0 spiro atoms. The van der Waals surface area contributed by atoms with Crippen LogP contribution in [0.5, 0.6) is 0 Å². The third-order valence-corrected chi connectivity index (χ3v) is 5.74. The van der Waals surface area contributed by atoms with E-state index in [1.807, 2.05) is 24.3 Å². The second kappa shape index (κ2) is 6.35. The van der Waals surface area contributed by atoms with E-state index in [0.29, 0.717) is 5.69 Å². The van der Waals surface area contributed by atoms with Crippen LogP contribution in [0.3, 0.4) is 0 Å². The summed E-state index contributed by atoms with van der Waals surface area (Å²) in [5, 5.41) is 7.92. The van der Waals surface area contributed by atoms with Crippen LogP contribution in [0.2, 0.25) is 0 Å². The van der Waals surface area contributed by atoms with Gasteiger partial charge in [-0.25, -0.2) is 13.6 Å². The normalized spacial score (nSPS) is 17.3. The Bertz CT molecular complexity index is 850. The molecular weight excluding hydrogens is 332 g/mol. The fourth-order valence-corrected chi connectivity index (χ4v) is 4.28. The van der Waals surface area contributed by atoms with Crippen molar-refractivity contribution in [2.75, 3.05) is 11.1 Å². The minimum atomic E-state index is -3.79. The molecular formula is C16H16N2O3S2. The highest BCUT2D eigenvalue weighted by atomic mass is 32.2. The van der Waals surface area contributed by atoms with Crippen molar-refractivity contribution >= 4 is 33.4 Å². The third kappa shape index (κ3) is 3.57. The van der Waals surface area contributed by atoms with Gasteiger partial charge in [0.2, 0.25) is 15.9 Å². The largest absolute Gasteiger partial charge is 0.326 e. The maximum absolute atomic E-state index is 12.6. The summed E-state index contributed by atoms with van der Waals surface area (Å²) >= 11 is 1.75. The molecule has 0 fully saturated rings. The molecule has 2 aromatic carbocycles. The average Bonchev–Trinajstić information content (AvgIpc) is 2.53. The van der Waals surface area contributed by atoms with Gasteiger partial charge in [-0.15, -0.1) is 11.8 Å². The van der Waals surface area contributed by atoms with Crippen LogP contribution in [0.15, 0.2) is 58.3 Å². The van der Waals surface area contributed by atoms with Gasteiger partial charge in [0, 0.05) is 10.6 Å². The average molecular weight is 348 g/mol. The first-order chi connectivity index (χ1) is 10.9. The van der Waals surface area contributed by atoms with Crippen LogP contribution in [0.25, 0.3) is 0 Å². The van der Waals surface area contributed by atoms with Crippen molar-refractivity contribution in [2.24, 2.45) is 5.14 Å². The number of hydrogen-bond donors (Lipinski definition) is 2. The molecule has 1 aliphatic heterocycles. The molecule has 7 heteroatoms.